The van der Waals surface area contributed by atoms with Gasteiger partial charge in [0.05, 0.1) is 0 Å². The highest BCUT2D eigenvalue weighted by atomic mass is 16.5. The van der Waals surface area contributed by atoms with E-state index in [0.717, 1.165) is 36.0 Å². The van der Waals surface area contributed by atoms with Crippen molar-refractivity contribution in [1.82, 2.24) is 0 Å². The summed E-state index contributed by atoms with van der Waals surface area (Å²) in [5.41, 5.74) is 4.29. The number of carbonyl (C=O) groups is 1. The maximum Gasteiger partial charge on any atom is 0.187 e. The first-order chi connectivity index (χ1) is 7.16. The van der Waals surface area contributed by atoms with E-state index in [4.69, 9.17) is 4.74 Å². The SMILES string of the molecule is COC1C2=C(CCCC2)C(=O)C1=C(C)C. The van der Waals surface area contributed by atoms with E-state index in [0.29, 0.717) is 0 Å². The Balaban J connectivity index is 2.46. The van der Waals surface area contributed by atoms with Gasteiger partial charge >= 0.3 is 0 Å². The summed E-state index contributed by atoms with van der Waals surface area (Å²) in [7, 11) is 1.70. The Kier molecular flexibility index (Phi) is 2.79. The van der Waals surface area contributed by atoms with Gasteiger partial charge in [0.15, 0.2) is 5.78 Å². The summed E-state index contributed by atoms with van der Waals surface area (Å²) in [5, 5.41) is 0. The molecular formula is C13H18O2. The van der Waals surface area contributed by atoms with E-state index >= 15 is 0 Å². The van der Waals surface area contributed by atoms with Crippen LogP contribution < -0.4 is 0 Å². The van der Waals surface area contributed by atoms with Crippen LogP contribution in [0.2, 0.25) is 0 Å². The van der Waals surface area contributed by atoms with Crippen LogP contribution >= 0.6 is 0 Å². The topological polar surface area (TPSA) is 26.3 Å². The highest BCUT2D eigenvalue weighted by molar-refractivity contribution is 6.13. The summed E-state index contributed by atoms with van der Waals surface area (Å²) in [5.74, 6) is 0.247. The molecule has 15 heavy (non-hydrogen) atoms. The van der Waals surface area contributed by atoms with Crippen LogP contribution in [0.25, 0.3) is 0 Å². The first-order valence-electron chi connectivity index (χ1n) is 5.63. The largest absolute Gasteiger partial charge is 0.372 e. The minimum absolute atomic E-state index is 0.0437. The Labute approximate surface area is 91.0 Å². The lowest BCUT2D eigenvalue weighted by atomic mass is 9.93. The summed E-state index contributed by atoms with van der Waals surface area (Å²) in [6.07, 6.45) is 4.29. The molecule has 0 aromatic rings. The molecule has 1 unspecified atom stereocenters. The fourth-order valence-corrected chi connectivity index (χ4v) is 2.68. The Morgan fingerprint density at radius 1 is 1.27 bits per heavy atom. The van der Waals surface area contributed by atoms with E-state index in [-0.39, 0.29) is 11.9 Å². The van der Waals surface area contributed by atoms with Crippen molar-refractivity contribution < 1.29 is 9.53 Å². The number of hydrogen-bond donors (Lipinski definition) is 0. The molecule has 0 aromatic heterocycles. The molecule has 82 valence electrons. The Morgan fingerprint density at radius 2 is 1.93 bits per heavy atom. The third kappa shape index (κ3) is 1.57. The molecule has 0 radical (unpaired) electrons. The lowest BCUT2D eigenvalue weighted by Gasteiger charge is -2.17. The number of allylic oxidation sites excluding steroid dienone is 2. The zero-order chi connectivity index (χ0) is 11.0. The van der Waals surface area contributed by atoms with E-state index in [2.05, 4.69) is 0 Å². The maximum atomic E-state index is 12.2. The van der Waals surface area contributed by atoms with Crippen molar-refractivity contribution in [2.75, 3.05) is 7.11 Å². The van der Waals surface area contributed by atoms with Gasteiger partial charge in [-0.15, -0.1) is 0 Å². The number of hydrogen-bond acceptors (Lipinski definition) is 2. The van der Waals surface area contributed by atoms with Crippen LogP contribution in [0.1, 0.15) is 39.5 Å². The molecule has 0 aromatic carbocycles. The van der Waals surface area contributed by atoms with Crippen molar-refractivity contribution >= 4 is 5.78 Å². The van der Waals surface area contributed by atoms with Crippen molar-refractivity contribution in [3.05, 3.63) is 22.3 Å². The zero-order valence-electron chi connectivity index (χ0n) is 9.72. The van der Waals surface area contributed by atoms with E-state index in [1.807, 2.05) is 13.8 Å². The predicted molar refractivity (Wildman–Crippen MR) is 59.7 cm³/mol. The van der Waals surface area contributed by atoms with Gasteiger partial charge in [-0.2, -0.15) is 0 Å². The molecule has 0 amide bonds. The van der Waals surface area contributed by atoms with Gasteiger partial charge in [0.1, 0.15) is 6.10 Å². The molecule has 0 bridgehead atoms. The molecule has 0 fully saturated rings. The molecule has 0 heterocycles. The number of methoxy groups -OCH3 is 1. The number of Topliss-reactive ketones (excluding diaryl/α,β-unsaturated/α-hetero) is 1. The lowest BCUT2D eigenvalue weighted by Crippen LogP contribution is -2.16. The quantitative estimate of drug-likeness (QED) is 0.617. The Hall–Kier alpha value is -0.890. The third-order valence-corrected chi connectivity index (χ3v) is 3.38. The van der Waals surface area contributed by atoms with E-state index in [1.54, 1.807) is 7.11 Å². The van der Waals surface area contributed by atoms with Gasteiger partial charge in [-0.3, -0.25) is 4.79 Å². The predicted octanol–water partition coefficient (Wildman–Crippen LogP) is 2.79. The van der Waals surface area contributed by atoms with Crippen LogP contribution in [0.3, 0.4) is 0 Å². The summed E-state index contributed by atoms with van der Waals surface area (Å²) >= 11 is 0. The van der Waals surface area contributed by atoms with Crippen LogP contribution in [0, 0.1) is 0 Å². The number of carbonyl (C=O) groups excluding carboxylic acids is 1. The molecule has 1 atom stereocenters. The van der Waals surface area contributed by atoms with Crippen LogP contribution in [-0.2, 0) is 9.53 Å². The first kappa shape index (κ1) is 10.6. The standard InChI is InChI=1S/C13H18O2/c1-8(2)11-12(14)9-6-4-5-7-10(9)13(11)15-3/h13H,4-7H2,1-3H3. The Bertz CT molecular complexity index is 357. The second kappa shape index (κ2) is 3.93. The third-order valence-electron chi connectivity index (χ3n) is 3.38. The minimum atomic E-state index is -0.0437. The first-order valence-corrected chi connectivity index (χ1v) is 5.63. The van der Waals surface area contributed by atoms with Crippen LogP contribution in [-0.4, -0.2) is 19.0 Å². The summed E-state index contributed by atoms with van der Waals surface area (Å²) in [6.45, 7) is 4.00. The fraction of sp³-hybridized carbons (Fsp3) is 0.615. The minimum Gasteiger partial charge on any atom is -0.372 e. The number of rotatable bonds is 1. The van der Waals surface area contributed by atoms with E-state index < -0.39 is 0 Å². The van der Waals surface area contributed by atoms with Gasteiger partial charge in [-0.05, 0) is 45.1 Å². The number of ether oxygens (including phenoxy) is 1. The van der Waals surface area contributed by atoms with Gasteiger partial charge in [-0.1, -0.05) is 5.57 Å². The lowest BCUT2D eigenvalue weighted by molar-refractivity contribution is -0.112. The fourth-order valence-electron chi connectivity index (χ4n) is 2.68. The van der Waals surface area contributed by atoms with Crippen molar-refractivity contribution in [2.45, 2.75) is 45.6 Å². The second-order valence-corrected chi connectivity index (χ2v) is 4.57. The van der Waals surface area contributed by atoms with Gasteiger partial charge in [0.2, 0.25) is 0 Å². The molecular weight excluding hydrogens is 188 g/mol. The van der Waals surface area contributed by atoms with Crippen LogP contribution in [0.4, 0.5) is 0 Å². The van der Waals surface area contributed by atoms with Crippen LogP contribution in [0.15, 0.2) is 22.3 Å². The molecule has 0 saturated heterocycles. The second-order valence-electron chi connectivity index (χ2n) is 4.57. The molecule has 0 N–H and O–H groups in total. The molecule has 0 aliphatic heterocycles. The van der Waals surface area contributed by atoms with Gasteiger partial charge in [-0.25, -0.2) is 0 Å². The average molecular weight is 206 g/mol. The molecule has 0 saturated carbocycles. The van der Waals surface area contributed by atoms with Crippen molar-refractivity contribution in [2.24, 2.45) is 0 Å². The summed E-state index contributed by atoms with van der Waals surface area (Å²) in [4.78, 5) is 12.2. The normalized spacial score (nSPS) is 25.9. The van der Waals surface area contributed by atoms with Crippen molar-refractivity contribution in [1.29, 1.82) is 0 Å². The monoisotopic (exact) mass is 206 g/mol. The van der Waals surface area contributed by atoms with Crippen molar-refractivity contribution in [3.63, 3.8) is 0 Å². The molecule has 2 nitrogen and oxygen atoms in total. The van der Waals surface area contributed by atoms with Crippen LogP contribution in [0.5, 0.6) is 0 Å². The van der Waals surface area contributed by atoms with E-state index in [9.17, 15) is 4.79 Å². The molecule has 2 rings (SSSR count). The smallest absolute Gasteiger partial charge is 0.187 e. The molecule has 2 aliphatic carbocycles. The van der Waals surface area contributed by atoms with Gasteiger partial charge in [0, 0.05) is 18.3 Å². The van der Waals surface area contributed by atoms with Gasteiger partial charge < -0.3 is 4.74 Å². The summed E-state index contributed by atoms with van der Waals surface area (Å²) in [6, 6.07) is 0. The highest BCUT2D eigenvalue weighted by Gasteiger charge is 2.38. The Morgan fingerprint density at radius 3 is 2.53 bits per heavy atom. The molecule has 2 aliphatic rings. The average Bonchev–Trinajstić information content (AvgIpc) is 2.52. The van der Waals surface area contributed by atoms with Crippen molar-refractivity contribution in [3.8, 4) is 0 Å². The maximum absolute atomic E-state index is 12.2. The highest BCUT2D eigenvalue weighted by Crippen LogP contribution is 2.40. The number of ketones is 1. The molecule has 0 spiro atoms. The van der Waals surface area contributed by atoms with Gasteiger partial charge in [0.25, 0.3) is 0 Å². The van der Waals surface area contributed by atoms with E-state index in [1.165, 1.54) is 12.0 Å². The summed E-state index contributed by atoms with van der Waals surface area (Å²) < 4.78 is 5.49. The molecule has 2 heteroatoms. The zero-order valence-corrected chi connectivity index (χ0v) is 9.72.